The molecule has 0 radical (unpaired) electrons. The Labute approximate surface area is 264 Å². The van der Waals surface area contributed by atoms with Crippen molar-refractivity contribution in [3.63, 3.8) is 0 Å². The predicted octanol–water partition coefficient (Wildman–Crippen LogP) is 6.45. The van der Waals surface area contributed by atoms with Gasteiger partial charge in [0.25, 0.3) is 10.0 Å². The van der Waals surface area contributed by atoms with Crippen LogP contribution in [0.3, 0.4) is 0 Å². The molecule has 1 aliphatic rings. The molecule has 3 aromatic carbocycles. The number of amides is 2. The van der Waals surface area contributed by atoms with Gasteiger partial charge in [0.2, 0.25) is 11.8 Å². The fraction of sp³-hybridized carbons (Fsp3) is 0.375. The van der Waals surface area contributed by atoms with Crippen LogP contribution in [0.15, 0.2) is 77.7 Å². The molecule has 1 saturated carbocycles. The maximum absolute atomic E-state index is 14.1. The number of rotatable bonds is 12. The van der Waals surface area contributed by atoms with Crippen LogP contribution in [0.1, 0.15) is 51.5 Å². The molecule has 1 fully saturated rings. The van der Waals surface area contributed by atoms with Crippen LogP contribution >= 0.6 is 23.2 Å². The lowest BCUT2D eigenvalue weighted by molar-refractivity contribution is -0.139. The van der Waals surface area contributed by atoms with Crippen molar-refractivity contribution >= 4 is 50.7 Å². The van der Waals surface area contributed by atoms with Gasteiger partial charge in [0.1, 0.15) is 18.3 Å². The predicted molar refractivity (Wildman–Crippen MR) is 170 cm³/mol. The molecule has 0 aliphatic heterocycles. The molecule has 0 unspecified atom stereocenters. The first-order chi connectivity index (χ1) is 20.6. The zero-order valence-corrected chi connectivity index (χ0v) is 26.7. The average Bonchev–Trinajstić information content (AvgIpc) is 3.01. The fourth-order valence-corrected chi connectivity index (χ4v) is 6.87. The van der Waals surface area contributed by atoms with Gasteiger partial charge in [-0.05, 0) is 80.8 Å². The van der Waals surface area contributed by atoms with Gasteiger partial charge in [0.05, 0.1) is 27.2 Å². The summed E-state index contributed by atoms with van der Waals surface area (Å²) in [6.07, 6.45) is 5.00. The topological polar surface area (TPSA) is 96.0 Å². The summed E-state index contributed by atoms with van der Waals surface area (Å²) in [6, 6.07) is 18.6. The molecule has 230 valence electrons. The summed E-state index contributed by atoms with van der Waals surface area (Å²) in [7, 11) is -4.16. The molecule has 0 aromatic heterocycles. The van der Waals surface area contributed by atoms with E-state index in [1.54, 1.807) is 67.6 Å². The van der Waals surface area contributed by atoms with Crippen LogP contribution in [0.4, 0.5) is 5.69 Å². The SMILES string of the molecule is CCOc1ccc(N(CC(=O)N(Cc2ccc(Cl)c(Cl)c2)[C@@H](C)C(=O)NC2CCCCC2)S(=O)(=O)c2ccccc2)cc1. The lowest BCUT2D eigenvalue weighted by Crippen LogP contribution is -2.53. The van der Waals surface area contributed by atoms with Gasteiger partial charge in [-0.25, -0.2) is 8.42 Å². The minimum Gasteiger partial charge on any atom is -0.494 e. The van der Waals surface area contributed by atoms with Crippen LogP contribution in [0.5, 0.6) is 5.75 Å². The molecule has 0 spiro atoms. The summed E-state index contributed by atoms with van der Waals surface area (Å²) in [5.74, 6) is -0.270. The molecule has 0 heterocycles. The number of anilines is 1. The third-order valence-electron chi connectivity index (χ3n) is 7.50. The van der Waals surface area contributed by atoms with Gasteiger partial charge in [-0.3, -0.25) is 13.9 Å². The van der Waals surface area contributed by atoms with Crippen molar-refractivity contribution in [1.29, 1.82) is 0 Å². The second kappa shape index (κ2) is 14.9. The monoisotopic (exact) mass is 645 g/mol. The van der Waals surface area contributed by atoms with E-state index < -0.39 is 28.5 Å². The van der Waals surface area contributed by atoms with Crippen molar-refractivity contribution < 1.29 is 22.7 Å². The Morgan fingerprint density at radius 3 is 2.26 bits per heavy atom. The van der Waals surface area contributed by atoms with Crippen molar-refractivity contribution in [2.75, 3.05) is 17.5 Å². The van der Waals surface area contributed by atoms with Gasteiger partial charge in [-0.2, -0.15) is 0 Å². The minimum absolute atomic E-state index is 0.0253. The van der Waals surface area contributed by atoms with Crippen LogP contribution in [0.2, 0.25) is 10.0 Å². The van der Waals surface area contributed by atoms with E-state index >= 15 is 0 Å². The molecule has 0 saturated heterocycles. The molecule has 3 aromatic rings. The number of benzene rings is 3. The van der Waals surface area contributed by atoms with Crippen molar-refractivity contribution in [2.24, 2.45) is 0 Å². The van der Waals surface area contributed by atoms with E-state index in [-0.39, 0.29) is 29.1 Å². The number of halogens is 2. The van der Waals surface area contributed by atoms with Crippen LogP contribution in [0, 0.1) is 0 Å². The number of hydrogen-bond donors (Lipinski definition) is 1. The molecule has 11 heteroatoms. The normalized spacial score (nSPS) is 14.5. The summed E-state index contributed by atoms with van der Waals surface area (Å²) in [4.78, 5) is 29.0. The molecule has 1 atom stereocenters. The van der Waals surface area contributed by atoms with E-state index in [0.29, 0.717) is 28.0 Å². The maximum atomic E-state index is 14.1. The highest BCUT2D eigenvalue weighted by atomic mass is 35.5. The number of nitrogens with one attached hydrogen (secondary N) is 1. The summed E-state index contributed by atoms with van der Waals surface area (Å²) < 4.78 is 34.4. The lowest BCUT2D eigenvalue weighted by atomic mass is 9.95. The second-order valence-electron chi connectivity index (χ2n) is 10.5. The summed E-state index contributed by atoms with van der Waals surface area (Å²) >= 11 is 12.4. The number of ether oxygens (including phenoxy) is 1. The Bertz CT molecular complexity index is 1500. The molecule has 43 heavy (non-hydrogen) atoms. The summed E-state index contributed by atoms with van der Waals surface area (Å²) in [5, 5.41) is 3.77. The average molecular weight is 647 g/mol. The number of nitrogens with zero attached hydrogens (tertiary/aromatic N) is 2. The van der Waals surface area contributed by atoms with Crippen molar-refractivity contribution in [2.45, 2.75) is 69.5 Å². The van der Waals surface area contributed by atoms with Crippen molar-refractivity contribution in [3.05, 3.63) is 88.4 Å². The molecule has 0 bridgehead atoms. The van der Waals surface area contributed by atoms with Gasteiger partial charge in [0.15, 0.2) is 0 Å². The molecule has 2 amide bonds. The molecule has 1 aliphatic carbocycles. The molecular weight excluding hydrogens is 609 g/mol. The summed E-state index contributed by atoms with van der Waals surface area (Å²) in [6.45, 7) is 3.45. The zero-order valence-electron chi connectivity index (χ0n) is 24.3. The largest absolute Gasteiger partial charge is 0.494 e. The fourth-order valence-electron chi connectivity index (χ4n) is 5.11. The van der Waals surface area contributed by atoms with Gasteiger partial charge < -0.3 is 15.0 Å². The van der Waals surface area contributed by atoms with Gasteiger partial charge in [-0.1, -0.05) is 66.7 Å². The van der Waals surface area contributed by atoms with Crippen molar-refractivity contribution in [3.8, 4) is 5.75 Å². The number of hydrogen-bond acceptors (Lipinski definition) is 5. The Morgan fingerprint density at radius 2 is 1.63 bits per heavy atom. The highest BCUT2D eigenvalue weighted by molar-refractivity contribution is 7.92. The minimum atomic E-state index is -4.16. The van der Waals surface area contributed by atoms with Gasteiger partial charge in [-0.15, -0.1) is 0 Å². The van der Waals surface area contributed by atoms with Crippen molar-refractivity contribution in [1.82, 2.24) is 10.2 Å². The first-order valence-electron chi connectivity index (χ1n) is 14.4. The first kappa shape index (κ1) is 32.6. The van der Waals surface area contributed by atoms with Crippen LogP contribution in [0.25, 0.3) is 0 Å². The number of sulfonamides is 1. The highest BCUT2D eigenvalue weighted by Crippen LogP contribution is 2.28. The zero-order chi connectivity index (χ0) is 31.0. The standard InChI is InChI=1S/C32H37Cl2N3O5S/c1-3-42-27-17-15-26(16-18-27)37(43(40,41)28-12-8-5-9-13-28)22-31(38)36(21-24-14-19-29(33)30(34)20-24)23(2)32(39)35-25-10-6-4-7-11-25/h5,8-9,12-20,23,25H,3-4,6-7,10-11,21-22H2,1-2H3,(H,35,39)/t23-/m0/s1. The number of carbonyl (C=O) groups excluding carboxylic acids is 2. The smallest absolute Gasteiger partial charge is 0.264 e. The van der Waals surface area contributed by atoms with E-state index in [9.17, 15) is 18.0 Å². The Kier molecular flexibility index (Phi) is 11.3. The Morgan fingerprint density at radius 1 is 0.953 bits per heavy atom. The highest BCUT2D eigenvalue weighted by Gasteiger charge is 2.33. The Hall–Kier alpha value is -3.27. The van der Waals surface area contributed by atoms with Gasteiger partial charge in [0, 0.05) is 12.6 Å². The van der Waals surface area contributed by atoms with Crippen LogP contribution in [-0.2, 0) is 26.2 Å². The van der Waals surface area contributed by atoms with E-state index in [2.05, 4.69) is 5.32 Å². The van der Waals surface area contributed by atoms with Gasteiger partial charge >= 0.3 is 0 Å². The van der Waals surface area contributed by atoms with Crippen LogP contribution < -0.4 is 14.4 Å². The van der Waals surface area contributed by atoms with Crippen LogP contribution in [-0.4, -0.2) is 50.4 Å². The molecule has 8 nitrogen and oxygen atoms in total. The molecular formula is C32H37Cl2N3O5S. The van der Waals surface area contributed by atoms with E-state index in [1.165, 1.54) is 17.0 Å². The van der Waals surface area contributed by atoms with E-state index in [0.717, 1.165) is 36.4 Å². The molecule has 4 rings (SSSR count). The summed E-state index contributed by atoms with van der Waals surface area (Å²) in [5.41, 5.74) is 0.938. The third kappa shape index (κ3) is 8.43. The Balaban J connectivity index is 1.68. The molecule has 1 N–H and O–H groups in total. The second-order valence-corrected chi connectivity index (χ2v) is 13.2. The lowest BCUT2D eigenvalue weighted by Gasteiger charge is -2.33. The first-order valence-corrected chi connectivity index (χ1v) is 16.6. The quantitative estimate of drug-likeness (QED) is 0.244. The third-order valence-corrected chi connectivity index (χ3v) is 10.0. The maximum Gasteiger partial charge on any atom is 0.264 e. The van der Waals surface area contributed by atoms with E-state index in [1.807, 2.05) is 6.92 Å². The number of carbonyl (C=O) groups is 2. The van der Waals surface area contributed by atoms with E-state index in [4.69, 9.17) is 27.9 Å².